The van der Waals surface area contributed by atoms with E-state index in [1.54, 1.807) is 6.92 Å². The zero-order valence-corrected chi connectivity index (χ0v) is 8.13. The van der Waals surface area contributed by atoms with Gasteiger partial charge in [-0.05, 0) is 6.42 Å². The molecule has 3 nitrogen and oxygen atoms in total. The van der Waals surface area contributed by atoms with E-state index in [4.69, 9.17) is 0 Å². The van der Waals surface area contributed by atoms with E-state index in [9.17, 15) is 4.79 Å². The Morgan fingerprint density at radius 1 is 1.58 bits per heavy atom. The standard InChI is InChI=1S/C9H18N2O/c1-7(2)10-9-4-5-11(6-9)8(3)12/h7,9-10H,4-6H2,1-3H3/t9-/m1/s1. The van der Waals surface area contributed by atoms with Crippen molar-refractivity contribution in [3.63, 3.8) is 0 Å². The molecule has 0 aromatic carbocycles. The summed E-state index contributed by atoms with van der Waals surface area (Å²) in [5.41, 5.74) is 0. The van der Waals surface area contributed by atoms with E-state index in [-0.39, 0.29) is 5.91 Å². The highest BCUT2D eigenvalue weighted by atomic mass is 16.2. The van der Waals surface area contributed by atoms with Crippen molar-refractivity contribution >= 4 is 5.91 Å². The van der Waals surface area contributed by atoms with E-state index in [1.165, 1.54) is 0 Å². The maximum Gasteiger partial charge on any atom is 0.219 e. The summed E-state index contributed by atoms with van der Waals surface area (Å²) in [6.45, 7) is 7.71. The van der Waals surface area contributed by atoms with Crippen LogP contribution in [0.3, 0.4) is 0 Å². The Kier molecular flexibility index (Phi) is 3.09. The van der Waals surface area contributed by atoms with Crippen LogP contribution in [0.15, 0.2) is 0 Å². The van der Waals surface area contributed by atoms with Crippen LogP contribution in [0.5, 0.6) is 0 Å². The van der Waals surface area contributed by atoms with Crippen LogP contribution in [0.1, 0.15) is 27.2 Å². The molecule has 70 valence electrons. The molecular formula is C9H18N2O. The molecule has 0 spiro atoms. The molecular weight excluding hydrogens is 152 g/mol. The lowest BCUT2D eigenvalue weighted by molar-refractivity contribution is -0.127. The lowest BCUT2D eigenvalue weighted by Gasteiger charge is -2.16. The summed E-state index contributed by atoms with van der Waals surface area (Å²) in [6, 6.07) is 1.02. The number of nitrogens with one attached hydrogen (secondary N) is 1. The first-order valence-corrected chi connectivity index (χ1v) is 4.61. The normalized spacial score (nSPS) is 23.7. The van der Waals surface area contributed by atoms with Crippen LogP contribution in [-0.4, -0.2) is 36.0 Å². The highest BCUT2D eigenvalue weighted by molar-refractivity contribution is 5.73. The molecule has 1 saturated heterocycles. The Hall–Kier alpha value is -0.570. The Labute approximate surface area is 74.1 Å². The molecule has 12 heavy (non-hydrogen) atoms. The first kappa shape index (κ1) is 9.52. The molecule has 1 fully saturated rings. The largest absolute Gasteiger partial charge is 0.341 e. The third-order valence-corrected chi connectivity index (χ3v) is 2.20. The predicted octanol–water partition coefficient (Wildman–Crippen LogP) is 0.605. The highest BCUT2D eigenvalue weighted by Gasteiger charge is 2.23. The lowest BCUT2D eigenvalue weighted by Crippen LogP contribution is -2.37. The number of carbonyl (C=O) groups is 1. The third-order valence-electron chi connectivity index (χ3n) is 2.20. The van der Waals surface area contributed by atoms with E-state index in [0.717, 1.165) is 19.5 Å². The van der Waals surface area contributed by atoms with Gasteiger partial charge in [0.15, 0.2) is 0 Å². The molecule has 1 aliphatic heterocycles. The van der Waals surface area contributed by atoms with E-state index in [1.807, 2.05) is 4.90 Å². The van der Waals surface area contributed by atoms with Crippen molar-refractivity contribution in [2.45, 2.75) is 39.3 Å². The van der Waals surface area contributed by atoms with Gasteiger partial charge in [-0.2, -0.15) is 0 Å². The molecule has 0 aromatic rings. The number of nitrogens with zero attached hydrogens (tertiary/aromatic N) is 1. The van der Waals surface area contributed by atoms with Crippen LogP contribution >= 0.6 is 0 Å². The molecule has 0 aromatic heterocycles. The number of rotatable bonds is 2. The van der Waals surface area contributed by atoms with Crippen molar-refractivity contribution in [2.24, 2.45) is 0 Å². The van der Waals surface area contributed by atoms with Crippen molar-refractivity contribution in [2.75, 3.05) is 13.1 Å². The number of likely N-dealkylation sites (tertiary alicyclic amines) is 1. The van der Waals surface area contributed by atoms with Crippen LogP contribution in [0.2, 0.25) is 0 Å². The first-order valence-electron chi connectivity index (χ1n) is 4.61. The van der Waals surface area contributed by atoms with Gasteiger partial charge in [0.1, 0.15) is 0 Å². The molecule has 1 amide bonds. The van der Waals surface area contributed by atoms with Gasteiger partial charge in [-0.15, -0.1) is 0 Å². The maximum absolute atomic E-state index is 11.0. The van der Waals surface area contributed by atoms with Crippen molar-refractivity contribution in [3.8, 4) is 0 Å². The smallest absolute Gasteiger partial charge is 0.219 e. The minimum absolute atomic E-state index is 0.197. The average molecular weight is 170 g/mol. The second-order valence-corrected chi connectivity index (χ2v) is 3.77. The minimum atomic E-state index is 0.197. The van der Waals surface area contributed by atoms with Gasteiger partial charge in [-0.25, -0.2) is 0 Å². The number of hydrogen-bond acceptors (Lipinski definition) is 2. The fourth-order valence-corrected chi connectivity index (χ4v) is 1.65. The summed E-state index contributed by atoms with van der Waals surface area (Å²) in [5, 5.41) is 3.43. The van der Waals surface area contributed by atoms with Gasteiger partial charge in [-0.1, -0.05) is 13.8 Å². The number of carbonyl (C=O) groups excluding carboxylic acids is 1. The fourth-order valence-electron chi connectivity index (χ4n) is 1.65. The van der Waals surface area contributed by atoms with Crippen LogP contribution in [0, 0.1) is 0 Å². The molecule has 3 heteroatoms. The Morgan fingerprint density at radius 3 is 2.67 bits per heavy atom. The second kappa shape index (κ2) is 3.90. The molecule has 0 aliphatic carbocycles. The molecule has 0 bridgehead atoms. The maximum atomic E-state index is 11.0. The van der Waals surface area contributed by atoms with E-state index >= 15 is 0 Å². The van der Waals surface area contributed by atoms with E-state index in [0.29, 0.717) is 12.1 Å². The van der Waals surface area contributed by atoms with Gasteiger partial charge in [0.25, 0.3) is 0 Å². The van der Waals surface area contributed by atoms with Crippen LogP contribution in [0.25, 0.3) is 0 Å². The van der Waals surface area contributed by atoms with Gasteiger partial charge >= 0.3 is 0 Å². The molecule has 0 saturated carbocycles. The molecule has 1 aliphatic rings. The summed E-state index contributed by atoms with van der Waals surface area (Å²) in [4.78, 5) is 12.9. The third kappa shape index (κ3) is 2.48. The molecule has 1 rings (SSSR count). The van der Waals surface area contributed by atoms with Crippen LogP contribution in [0.4, 0.5) is 0 Å². The van der Waals surface area contributed by atoms with Crippen molar-refractivity contribution in [1.82, 2.24) is 10.2 Å². The number of amides is 1. The van der Waals surface area contributed by atoms with Crippen LogP contribution < -0.4 is 5.32 Å². The lowest BCUT2D eigenvalue weighted by atomic mass is 10.2. The molecule has 1 atom stereocenters. The fraction of sp³-hybridized carbons (Fsp3) is 0.889. The van der Waals surface area contributed by atoms with Gasteiger partial charge in [-0.3, -0.25) is 4.79 Å². The summed E-state index contributed by atoms with van der Waals surface area (Å²) >= 11 is 0. The quantitative estimate of drug-likeness (QED) is 0.658. The molecule has 1 N–H and O–H groups in total. The Bertz CT molecular complexity index is 168. The summed E-state index contributed by atoms with van der Waals surface area (Å²) in [6.07, 6.45) is 1.10. The zero-order chi connectivity index (χ0) is 9.14. The molecule has 1 heterocycles. The van der Waals surface area contributed by atoms with E-state index < -0.39 is 0 Å². The van der Waals surface area contributed by atoms with Crippen molar-refractivity contribution < 1.29 is 4.79 Å². The molecule has 0 unspecified atom stereocenters. The molecule has 0 radical (unpaired) electrons. The summed E-state index contributed by atoms with van der Waals surface area (Å²) in [7, 11) is 0. The van der Waals surface area contributed by atoms with Crippen molar-refractivity contribution in [1.29, 1.82) is 0 Å². The topological polar surface area (TPSA) is 32.3 Å². The van der Waals surface area contributed by atoms with Gasteiger partial charge in [0, 0.05) is 32.1 Å². The van der Waals surface area contributed by atoms with Gasteiger partial charge in [0.05, 0.1) is 0 Å². The summed E-state index contributed by atoms with van der Waals surface area (Å²) in [5.74, 6) is 0.197. The predicted molar refractivity (Wildman–Crippen MR) is 48.9 cm³/mol. The summed E-state index contributed by atoms with van der Waals surface area (Å²) < 4.78 is 0. The van der Waals surface area contributed by atoms with Gasteiger partial charge < -0.3 is 10.2 Å². The Morgan fingerprint density at radius 2 is 2.25 bits per heavy atom. The minimum Gasteiger partial charge on any atom is -0.341 e. The van der Waals surface area contributed by atoms with Crippen LogP contribution in [-0.2, 0) is 4.79 Å². The van der Waals surface area contributed by atoms with Crippen molar-refractivity contribution in [3.05, 3.63) is 0 Å². The number of hydrogen-bond donors (Lipinski definition) is 1. The second-order valence-electron chi connectivity index (χ2n) is 3.77. The zero-order valence-electron chi connectivity index (χ0n) is 8.13. The average Bonchev–Trinajstić information content (AvgIpc) is 2.34. The van der Waals surface area contributed by atoms with Gasteiger partial charge in [0.2, 0.25) is 5.91 Å². The Balaban J connectivity index is 2.30. The SMILES string of the molecule is CC(=O)N1CC[C@@H](NC(C)C)C1. The first-order chi connectivity index (χ1) is 5.59. The highest BCUT2D eigenvalue weighted by Crippen LogP contribution is 2.09. The van der Waals surface area contributed by atoms with E-state index in [2.05, 4.69) is 19.2 Å². The monoisotopic (exact) mass is 170 g/mol.